The van der Waals surface area contributed by atoms with Crippen LogP contribution in [-0.2, 0) is 0 Å². The maximum atomic E-state index is 12.2. The zero-order valence-electron chi connectivity index (χ0n) is 13.5. The summed E-state index contributed by atoms with van der Waals surface area (Å²) in [5.74, 6) is 0.366. The normalized spacial score (nSPS) is 14.0. The van der Waals surface area contributed by atoms with E-state index in [1.54, 1.807) is 19.2 Å². The maximum Gasteiger partial charge on any atom is 0.251 e. The number of carbonyl (C=O) groups excluding carboxylic acids is 1. The number of carbonyl (C=O) groups is 1. The van der Waals surface area contributed by atoms with Crippen LogP contribution in [0.1, 0.15) is 44.0 Å². The lowest BCUT2D eigenvalue weighted by molar-refractivity contribution is 0.0429. The summed E-state index contributed by atoms with van der Waals surface area (Å²) in [5.41, 5.74) is 0.571. The van der Waals surface area contributed by atoms with E-state index in [1.807, 2.05) is 24.3 Å². The van der Waals surface area contributed by atoms with E-state index in [0.717, 1.165) is 17.3 Å². The summed E-state index contributed by atoms with van der Waals surface area (Å²) >= 11 is 0. The Bertz CT molecular complexity index is 650. The number of pyridine rings is 1. The lowest BCUT2D eigenvalue weighted by Gasteiger charge is -2.24. The molecule has 0 aliphatic rings. The zero-order chi connectivity index (χ0) is 16.2. The number of aromatic nitrogens is 1. The Kier molecular flexibility index (Phi) is 5.14. The predicted molar refractivity (Wildman–Crippen MR) is 88.8 cm³/mol. The van der Waals surface area contributed by atoms with Crippen molar-refractivity contribution in [2.45, 2.75) is 39.2 Å². The molecule has 0 bridgehead atoms. The van der Waals surface area contributed by atoms with Gasteiger partial charge in [-0.3, -0.25) is 9.78 Å². The highest BCUT2D eigenvalue weighted by Gasteiger charge is 2.21. The molecule has 0 radical (unpaired) electrons. The van der Waals surface area contributed by atoms with Gasteiger partial charge in [0, 0.05) is 23.7 Å². The third-order valence-corrected chi connectivity index (χ3v) is 3.76. The van der Waals surface area contributed by atoms with Gasteiger partial charge in [0.05, 0.1) is 11.1 Å². The van der Waals surface area contributed by atoms with Crippen molar-refractivity contribution in [3.05, 3.63) is 42.1 Å². The number of fused-ring (bicyclic) bond motifs is 1. The fourth-order valence-electron chi connectivity index (χ4n) is 2.28. The molecule has 1 aromatic carbocycles. The van der Waals surface area contributed by atoms with E-state index >= 15 is 0 Å². The quantitative estimate of drug-likeness (QED) is 0.861. The van der Waals surface area contributed by atoms with E-state index in [2.05, 4.69) is 24.1 Å². The molecule has 1 unspecified atom stereocenters. The SMILES string of the molecule is CC(C)CCC(C)(O)CNC(=O)c1ccc2ncccc2c1. The lowest BCUT2D eigenvalue weighted by atomic mass is 9.95. The minimum Gasteiger partial charge on any atom is -0.388 e. The summed E-state index contributed by atoms with van der Waals surface area (Å²) in [7, 11) is 0. The third-order valence-electron chi connectivity index (χ3n) is 3.76. The van der Waals surface area contributed by atoms with Crippen LogP contribution in [0.15, 0.2) is 36.5 Å². The van der Waals surface area contributed by atoms with Crippen molar-refractivity contribution in [3.63, 3.8) is 0 Å². The molecule has 0 saturated heterocycles. The number of amides is 1. The van der Waals surface area contributed by atoms with Crippen molar-refractivity contribution in [3.8, 4) is 0 Å². The molecule has 2 aromatic rings. The van der Waals surface area contributed by atoms with E-state index < -0.39 is 5.60 Å². The summed E-state index contributed by atoms with van der Waals surface area (Å²) in [6.45, 7) is 6.26. The smallest absolute Gasteiger partial charge is 0.251 e. The first-order chi connectivity index (χ1) is 10.4. The van der Waals surface area contributed by atoms with E-state index in [4.69, 9.17) is 0 Å². The zero-order valence-corrected chi connectivity index (χ0v) is 13.5. The first kappa shape index (κ1) is 16.4. The van der Waals surface area contributed by atoms with Crippen LogP contribution in [0.2, 0.25) is 0 Å². The summed E-state index contributed by atoms with van der Waals surface area (Å²) in [6, 6.07) is 9.19. The van der Waals surface area contributed by atoms with E-state index in [9.17, 15) is 9.90 Å². The second-order valence-electron chi connectivity index (χ2n) is 6.52. The van der Waals surface area contributed by atoms with Gasteiger partial charge in [-0.1, -0.05) is 19.9 Å². The van der Waals surface area contributed by atoms with Gasteiger partial charge in [0.25, 0.3) is 5.91 Å². The molecule has 1 amide bonds. The molecule has 1 atom stereocenters. The van der Waals surface area contributed by atoms with E-state index in [0.29, 0.717) is 17.9 Å². The molecule has 0 aliphatic heterocycles. The van der Waals surface area contributed by atoms with Crippen LogP contribution in [0.4, 0.5) is 0 Å². The molecule has 2 N–H and O–H groups in total. The Labute approximate surface area is 131 Å². The largest absolute Gasteiger partial charge is 0.388 e. The minimum atomic E-state index is -0.877. The Morgan fingerprint density at radius 2 is 2.14 bits per heavy atom. The fraction of sp³-hybridized carbons (Fsp3) is 0.444. The second-order valence-corrected chi connectivity index (χ2v) is 6.52. The Balaban J connectivity index is 1.98. The van der Waals surface area contributed by atoms with Crippen molar-refractivity contribution >= 4 is 16.8 Å². The number of hydrogen-bond donors (Lipinski definition) is 2. The molecule has 0 aliphatic carbocycles. The van der Waals surface area contributed by atoms with Crippen LogP contribution >= 0.6 is 0 Å². The molecular formula is C18H24N2O2. The van der Waals surface area contributed by atoms with Crippen LogP contribution in [0.3, 0.4) is 0 Å². The summed E-state index contributed by atoms with van der Waals surface area (Å²) in [4.78, 5) is 16.5. The Morgan fingerprint density at radius 1 is 1.36 bits per heavy atom. The number of hydrogen-bond acceptors (Lipinski definition) is 3. The van der Waals surface area contributed by atoms with Crippen molar-refractivity contribution in [2.75, 3.05) is 6.54 Å². The topological polar surface area (TPSA) is 62.2 Å². The van der Waals surface area contributed by atoms with Gasteiger partial charge in [0.15, 0.2) is 0 Å². The maximum absolute atomic E-state index is 12.2. The molecule has 0 spiro atoms. The highest BCUT2D eigenvalue weighted by Crippen LogP contribution is 2.16. The Hall–Kier alpha value is -1.94. The molecule has 0 saturated carbocycles. The minimum absolute atomic E-state index is 0.171. The molecule has 1 heterocycles. The van der Waals surface area contributed by atoms with Crippen LogP contribution < -0.4 is 5.32 Å². The molecule has 1 aromatic heterocycles. The van der Waals surface area contributed by atoms with Gasteiger partial charge in [-0.05, 0) is 49.9 Å². The standard InChI is InChI=1S/C18H24N2O2/c1-13(2)8-9-18(3,22)12-20-17(21)15-6-7-16-14(11-15)5-4-10-19-16/h4-7,10-11,13,22H,8-9,12H2,1-3H3,(H,20,21). The number of rotatable bonds is 6. The monoisotopic (exact) mass is 300 g/mol. The lowest BCUT2D eigenvalue weighted by Crippen LogP contribution is -2.40. The van der Waals surface area contributed by atoms with Gasteiger partial charge in [-0.2, -0.15) is 0 Å². The van der Waals surface area contributed by atoms with Crippen LogP contribution in [0.5, 0.6) is 0 Å². The summed E-state index contributed by atoms with van der Waals surface area (Å²) < 4.78 is 0. The molecule has 0 fully saturated rings. The molecule has 2 rings (SSSR count). The highest BCUT2D eigenvalue weighted by atomic mass is 16.3. The number of nitrogens with zero attached hydrogens (tertiary/aromatic N) is 1. The van der Waals surface area contributed by atoms with Crippen LogP contribution in [0, 0.1) is 5.92 Å². The van der Waals surface area contributed by atoms with Crippen molar-refractivity contribution in [1.29, 1.82) is 0 Å². The fourth-order valence-corrected chi connectivity index (χ4v) is 2.28. The van der Waals surface area contributed by atoms with Crippen LogP contribution in [0.25, 0.3) is 10.9 Å². The van der Waals surface area contributed by atoms with Crippen molar-refractivity contribution in [2.24, 2.45) is 5.92 Å². The van der Waals surface area contributed by atoms with E-state index in [-0.39, 0.29) is 12.5 Å². The number of aliphatic hydroxyl groups is 1. The first-order valence-corrected chi connectivity index (χ1v) is 7.73. The van der Waals surface area contributed by atoms with Gasteiger partial charge in [0.1, 0.15) is 0 Å². The summed E-state index contributed by atoms with van der Waals surface area (Å²) in [5, 5.41) is 14.1. The average molecular weight is 300 g/mol. The van der Waals surface area contributed by atoms with Gasteiger partial charge in [-0.15, -0.1) is 0 Å². The van der Waals surface area contributed by atoms with Crippen molar-refractivity contribution < 1.29 is 9.90 Å². The molecule has 4 nitrogen and oxygen atoms in total. The molecule has 22 heavy (non-hydrogen) atoms. The van der Waals surface area contributed by atoms with Gasteiger partial charge >= 0.3 is 0 Å². The Morgan fingerprint density at radius 3 is 2.86 bits per heavy atom. The van der Waals surface area contributed by atoms with Crippen molar-refractivity contribution in [1.82, 2.24) is 10.3 Å². The number of benzene rings is 1. The predicted octanol–water partition coefficient (Wildman–Crippen LogP) is 3.15. The van der Waals surface area contributed by atoms with Gasteiger partial charge in [0.2, 0.25) is 0 Å². The molecule has 118 valence electrons. The van der Waals surface area contributed by atoms with Gasteiger partial charge in [-0.25, -0.2) is 0 Å². The van der Waals surface area contributed by atoms with Crippen LogP contribution in [-0.4, -0.2) is 28.1 Å². The number of nitrogens with one attached hydrogen (secondary N) is 1. The average Bonchev–Trinajstić information content (AvgIpc) is 2.50. The molecular weight excluding hydrogens is 276 g/mol. The van der Waals surface area contributed by atoms with E-state index in [1.165, 1.54) is 0 Å². The second kappa shape index (κ2) is 6.88. The summed E-state index contributed by atoms with van der Waals surface area (Å²) in [6.07, 6.45) is 3.34. The van der Waals surface area contributed by atoms with Gasteiger partial charge < -0.3 is 10.4 Å². The third kappa shape index (κ3) is 4.53. The highest BCUT2D eigenvalue weighted by molar-refractivity contribution is 5.97. The molecule has 4 heteroatoms. The first-order valence-electron chi connectivity index (χ1n) is 7.73.